The van der Waals surface area contributed by atoms with Crippen molar-refractivity contribution in [3.05, 3.63) is 0 Å². The van der Waals surface area contributed by atoms with E-state index in [1.807, 2.05) is 0 Å². The molecule has 0 aromatic rings. The van der Waals surface area contributed by atoms with E-state index in [1.165, 1.54) is 44.9 Å². The van der Waals surface area contributed by atoms with Crippen LogP contribution in [-0.2, 0) is 14.3 Å². The molecule has 5 heteroatoms. The van der Waals surface area contributed by atoms with Crippen molar-refractivity contribution < 1.29 is 14.3 Å². The van der Waals surface area contributed by atoms with Crippen molar-refractivity contribution in [2.24, 2.45) is 23.2 Å². The van der Waals surface area contributed by atoms with Crippen molar-refractivity contribution in [3.63, 3.8) is 0 Å². The molecule has 0 heterocycles. The van der Waals surface area contributed by atoms with E-state index in [0.29, 0.717) is 32.8 Å². The van der Waals surface area contributed by atoms with Gasteiger partial charge >= 0.3 is 0 Å². The summed E-state index contributed by atoms with van der Waals surface area (Å²) in [6, 6.07) is 0. The first-order valence-corrected chi connectivity index (χ1v) is 12.0. The zero-order valence-electron chi connectivity index (χ0n) is 18.1. The van der Waals surface area contributed by atoms with Crippen molar-refractivity contribution in [1.82, 2.24) is 5.32 Å². The number of ether oxygens (including phenoxy) is 2. The molecule has 1 N–H and O–H groups in total. The zero-order chi connectivity index (χ0) is 20.2. The molecule has 28 heavy (non-hydrogen) atoms. The first-order chi connectivity index (χ1) is 13.5. The van der Waals surface area contributed by atoms with Crippen LogP contribution < -0.4 is 5.32 Å². The van der Waals surface area contributed by atoms with Crippen LogP contribution in [0.3, 0.4) is 0 Å². The maximum absolute atomic E-state index is 12.4. The predicted octanol–water partition coefficient (Wildman–Crippen LogP) is 5.18. The number of rotatable bonds is 14. The Morgan fingerprint density at radius 2 is 1.61 bits per heavy atom. The fraction of sp³-hybridized carbons (Fsp3) is 0.957. The Balaban J connectivity index is 1.45. The maximum Gasteiger partial charge on any atom is 0.220 e. The summed E-state index contributed by atoms with van der Waals surface area (Å²) >= 11 is 5.65. The van der Waals surface area contributed by atoms with Crippen molar-refractivity contribution in [2.45, 2.75) is 78.1 Å². The van der Waals surface area contributed by atoms with Crippen molar-refractivity contribution in [2.75, 3.05) is 38.9 Å². The van der Waals surface area contributed by atoms with Crippen LogP contribution in [0.5, 0.6) is 0 Å². The lowest BCUT2D eigenvalue weighted by molar-refractivity contribution is -0.125. The topological polar surface area (TPSA) is 47.6 Å². The van der Waals surface area contributed by atoms with Gasteiger partial charge in [0.1, 0.15) is 0 Å². The second-order valence-electron chi connectivity index (χ2n) is 9.62. The van der Waals surface area contributed by atoms with Crippen molar-refractivity contribution in [1.29, 1.82) is 0 Å². The van der Waals surface area contributed by atoms with E-state index in [9.17, 15) is 4.79 Å². The van der Waals surface area contributed by atoms with Crippen molar-refractivity contribution >= 4 is 17.5 Å². The van der Waals surface area contributed by atoms with Crippen LogP contribution in [0.15, 0.2) is 0 Å². The highest BCUT2D eigenvalue weighted by Crippen LogP contribution is 2.51. The number of alkyl halides is 1. The third-order valence-corrected chi connectivity index (χ3v) is 6.67. The standard InChI is InChI=1S/C23H42ClNO3/c1-19-13-20-15-21(14-19)17-23(2,16-20)18-22(26)25-8-10-28-12-11-27-9-6-4-3-5-7-24/h19-21H,3-18H2,1-2H3,(H,25,26). The number of unbranched alkanes of at least 4 members (excludes halogenated alkanes) is 3. The van der Waals surface area contributed by atoms with Gasteiger partial charge in [-0.2, -0.15) is 0 Å². The van der Waals surface area contributed by atoms with Gasteiger partial charge in [0.05, 0.1) is 19.8 Å². The SMILES string of the molecule is CC1CC2CC(C1)CC(C)(CC(=O)NCCOCCOCCCCCCCl)C2. The molecular weight excluding hydrogens is 374 g/mol. The Morgan fingerprint density at radius 1 is 0.964 bits per heavy atom. The van der Waals surface area contributed by atoms with Gasteiger partial charge in [-0.15, -0.1) is 11.6 Å². The number of nitrogens with one attached hydrogen (secondary N) is 1. The van der Waals surface area contributed by atoms with Gasteiger partial charge in [0.15, 0.2) is 0 Å². The highest BCUT2D eigenvalue weighted by Gasteiger charge is 2.41. The number of carbonyl (C=O) groups excluding carboxylic acids is 1. The summed E-state index contributed by atoms with van der Waals surface area (Å²) in [5, 5.41) is 3.04. The summed E-state index contributed by atoms with van der Waals surface area (Å²) < 4.78 is 11.1. The number of hydrogen-bond acceptors (Lipinski definition) is 3. The predicted molar refractivity (Wildman–Crippen MR) is 116 cm³/mol. The maximum atomic E-state index is 12.4. The minimum absolute atomic E-state index is 0.187. The Morgan fingerprint density at radius 3 is 2.29 bits per heavy atom. The summed E-state index contributed by atoms with van der Waals surface area (Å²) in [5.41, 5.74) is 0.191. The average Bonchev–Trinajstić information content (AvgIpc) is 2.61. The lowest BCUT2D eigenvalue weighted by Crippen LogP contribution is -2.40. The molecule has 2 fully saturated rings. The lowest BCUT2D eigenvalue weighted by atomic mass is 9.58. The lowest BCUT2D eigenvalue weighted by Gasteiger charge is -2.47. The molecule has 164 valence electrons. The van der Waals surface area contributed by atoms with Crippen LogP contribution in [0.2, 0.25) is 0 Å². The van der Waals surface area contributed by atoms with E-state index < -0.39 is 0 Å². The van der Waals surface area contributed by atoms with Crippen LogP contribution in [0, 0.1) is 23.2 Å². The van der Waals surface area contributed by atoms with Crippen LogP contribution in [0.4, 0.5) is 0 Å². The monoisotopic (exact) mass is 415 g/mol. The van der Waals surface area contributed by atoms with Gasteiger partial charge in [-0.1, -0.05) is 26.7 Å². The smallest absolute Gasteiger partial charge is 0.220 e. The van der Waals surface area contributed by atoms with Gasteiger partial charge < -0.3 is 14.8 Å². The van der Waals surface area contributed by atoms with Gasteiger partial charge in [0.2, 0.25) is 5.91 Å². The molecule has 2 bridgehead atoms. The van der Waals surface area contributed by atoms with Crippen LogP contribution >= 0.6 is 11.6 Å². The van der Waals surface area contributed by atoms with Crippen molar-refractivity contribution in [3.8, 4) is 0 Å². The molecule has 0 saturated heterocycles. The first kappa shape index (κ1) is 24.0. The first-order valence-electron chi connectivity index (χ1n) is 11.5. The highest BCUT2D eigenvalue weighted by molar-refractivity contribution is 6.17. The molecule has 2 unspecified atom stereocenters. The van der Waals surface area contributed by atoms with Gasteiger partial charge in [0.25, 0.3) is 0 Å². The van der Waals surface area contributed by atoms with Crippen LogP contribution in [0.1, 0.15) is 78.1 Å². The van der Waals surface area contributed by atoms with Gasteiger partial charge in [-0.25, -0.2) is 0 Å². The zero-order valence-corrected chi connectivity index (χ0v) is 18.9. The number of amides is 1. The molecule has 2 atom stereocenters. The van der Waals surface area contributed by atoms with Gasteiger partial charge in [-0.05, 0) is 68.1 Å². The molecule has 2 aliphatic carbocycles. The molecule has 0 aromatic carbocycles. The molecule has 0 radical (unpaired) electrons. The molecule has 2 aliphatic rings. The number of halogens is 1. The summed E-state index contributed by atoms with van der Waals surface area (Å²) in [7, 11) is 0. The molecule has 2 rings (SSSR count). The van der Waals surface area contributed by atoms with E-state index in [1.54, 1.807) is 0 Å². The van der Waals surface area contributed by atoms with E-state index in [0.717, 1.165) is 43.1 Å². The number of carbonyl (C=O) groups is 1. The van der Waals surface area contributed by atoms with Crippen LogP contribution in [0.25, 0.3) is 0 Å². The highest BCUT2D eigenvalue weighted by atomic mass is 35.5. The van der Waals surface area contributed by atoms with E-state index in [2.05, 4.69) is 19.2 Å². The molecule has 1 amide bonds. The molecular formula is C23H42ClNO3. The van der Waals surface area contributed by atoms with Gasteiger partial charge in [-0.3, -0.25) is 4.79 Å². The van der Waals surface area contributed by atoms with Crippen LogP contribution in [-0.4, -0.2) is 44.8 Å². The second kappa shape index (κ2) is 13.1. The second-order valence-corrected chi connectivity index (χ2v) is 10.00. The third kappa shape index (κ3) is 9.45. The molecule has 4 nitrogen and oxygen atoms in total. The molecule has 0 aromatic heterocycles. The third-order valence-electron chi connectivity index (χ3n) is 6.40. The van der Waals surface area contributed by atoms with E-state index in [4.69, 9.17) is 21.1 Å². The Hall–Kier alpha value is -0.320. The fourth-order valence-electron chi connectivity index (χ4n) is 5.54. The average molecular weight is 416 g/mol. The fourth-order valence-corrected chi connectivity index (χ4v) is 5.73. The number of fused-ring (bicyclic) bond motifs is 2. The molecule has 2 saturated carbocycles. The minimum Gasteiger partial charge on any atom is -0.379 e. The summed E-state index contributed by atoms with van der Waals surface area (Å²) in [6.45, 7) is 7.89. The largest absolute Gasteiger partial charge is 0.379 e. The summed E-state index contributed by atoms with van der Waals surface area (Å²) in [6.07, 6.45) is 11.8. The van der Waals surface area contributed by atoms with E-state index in [-0.39, 0.29) is 11.3 Å². The Bertz CT molecular complexity index is 428. The van der Waals surface area contributed by atoms with Gasteiger partial charge in [0, 0.05) is 25.5 Å². The quantitative estimate of drug-likeness (QED) is 0.314. The number of hydrogen-bond donors (Lipinski definition) is 1. The summed E-state index contributed by atoms with van der Waals surface area (Å²) in [5.74, 6) is 3.49. The van der Waals surface area contributed by atoms with E-state index >= 15 is 0 Å². The Kier molecular flexibility index (Phi) is 11.2. The molecule has 0 spiro atoms. The Labute approximate surface area is 177 Å². The summed E-state index contributed by atoms with van der Waals surface area (Å²) in [4.78, 5) is 12.4. The minimum atomic E-state index is 0.187. The normalized spacial score (nSPS) is 29.6. The molecule has 0 aliphatic heterocycles.